The minimum atomic E-state index is -4.99. The molecule has 2 aromatic carbocycles. The maximum absolute atomic E-state index is 14.2. The number of benzene rings is 2. The second-order valence-corrected chi connectivity index (χ2v) is 9.08. The van der Waals surface area contributed by atoms with E-state index in [4.69, 9.17) is 4.74 Å². The predicted molar refractivity (Wildman–Crippen MR) is 117 cm³/mol. The molecule has 0 spiro atoms. The average Bonchev–Trinajstić information content (AvgIpc) is 3.19. The Morgan fingerprint density at radius 3 is 2.61 bits per heavy atom. The van der Waals surface area contributed by atoms with E-state index < -0.39 is 41.5 Å². The summed E-state index contributed by atoms with van der Waals surface area (Å²) >= 11 is 0. The summed E-state index contributed by atoms with van der Waals surface area (Å²) in [7, 11) is 0. The quantitative estimate of drug-likeness (QED) is 0.464. The molecule has 1 unspecified atom stereocenters. The first-order valence-electron chi connectivity index (χ1n) is 10.5. The van der Waals surface area contributed by atoms with Gasteiger partial charge in [0.25, 0.3) is 5.56 Å². The van der Waals surface area contributed by atoms with Crippen molar-refractivity contribution < 1.29 is 27.4 Å². The Morgan fingerprint density at radius 1 is 1.15 bits per heavy atom. The van der Waals surface area contributed by atoms with Gasteiger partial charge in [0, 0.05) is 22.9 Å². The average molecular weight is 464 g/mol. The van der Waals surface area contributed by atoms with E-state index >= 15 is 0 Å². The minimum Gasteiger partial charge on any atom is -0.493 e. The Balaban J connectivity index is 1.64. The molecule has 1 aliphatic heterocycles. The monoisotopic (exact) mass is 464 g/mol. The Bertz CT molecular complexity index is 1250. The van der Waals surface area contributed by atoms with Gasteiger partial charge in [0.2, 0.25) is 0 Å². The molecule has 0 bridgehead atoms. The van der Waals surface area contributed by atoms with Crippen LogP contribution in [-0.2, 0) is 11.8 Å². The smallest absolute Gasteiger partial charge is 0.418 e. The van der Waals surface area contributed by atoms with Gasteiger partial charge < -0.3 is 20.1 Å². The number of fused-ring (bicyclic) bond motifs is 2. The summed E-state index contributed by atoms with van der Waals surface area (Å²) in [6.07, 6.45) is -5.28. The lowest BCUT2D eigenvalue weighted by molar-refractivity contribution is -0.260. The zero-order valence-electron chi connectivity index (χ0n) is 18.1. The van der Waals surface area contributed by atoms with Crippen LogP contribution in [0.1, 0.15) is 31.4 Å². The van der Waals surface area contributed by atoms with E-state index in [0.717, 1.165) is 6.07 Å². The summed E-state index contributed by atoms with van der Waals surface area (Å²) in [6, 6.07) is 10.6. The first-order chi connectivity index (χ1) is 15.4. The van der Waals surface area contributed by atoms with Gasteiger partial charge in [-0.2, -0.15) is 13.2 Å². The van der Waals surface area contributed by atoms with Gasteiger partial charge in [-0.25, -0.2) is 4.39 Å². The number of aliphatic hydroxyl groups is 1. The molecule has 0 saturated carbocycles. The van der Waals surface area contributed by atoms with Crippen LogP contribution in [0, 0.1) is 5.82 Å². The van der Waals surface area contributed by atoms with Crippen molar-refractivity contribution >= 4 is 16.6 Å². The van der Waals surface area contributed by atoms with Crippen molar-refractivity contribution in [3.63, 3.8) is 0 Å². The van der Waals surface area contributed by atoms with Crippen molar-refractivity contribution in [1.29, 1.82) is 0 Å². The van der Waals surface area contributed by atoms with Crippen molar-refractivity contribution in [2.24, 2.45) is 0 Å². The highest BCUT2D eigenvalue weighted by atomic mass is 19.4. The number of nitrogens with one attached hydrogen (secondary N) is 2. The SMILES string of the molecule is CC(C)(CC(O)(CNc1cc2ccccc2c(=O)[nH]1)C(F)(F)F)c1cc(F)cc2c1OCC2. The van der Waals surface area contributed by atoms with E-state index in [0.29, 0.717) is 35.1 Å². The zero-order valence-corrected chi connectivity index (χ0v) is 18.1. The van der Waals surface area contributed by atoms with Gasteiger partial charge in [0.05, 0.1) is 13.2 Å². The van der Waals surface area contributed by atoms with Gasteiger partial charge in [-0.05, 0) is 41.5 Å². The molecule has 0 radical (unpaired) electrons. The number of H-pyrrole nitrogens is 1. The van der Waals surface area contributed by atoms with Crippen molar-refractivity contribution in [3.05, 3.63) is 69.8 Å². The van der Waals surface area contributed by atoms with Crippen molar-refractivity contribution in [3.8, 4) is 5.75 Å². The molecular weight excluding hydrogens is 440 g/mol. The molecule has 3 aromatic rings. The molecule has 1 aliphatic rings. The maximum atomic E-state index is 14.2. The lowest BCUT2D eigenvalue weighted by atomic mass is 9.74. The Labute approximate surface area is 187 Å². The number of hydrogen-bond acceptors (Lipinski definition) is 4. The molecule has 1 aromatic heterocycles. The first-order valence-corrected chi connectivity index (χ1v) is 10.5. The molecule has 5 nitrogen and oxygen atoms in total. The number of aromatic amines is 1. The first kappa shape index (κ1) is 23.1. The van der Waals surface area contributed by atoms with Gasteiger partial charge in [-0.1, -0.05) is 32.0 Å². The van der Waals surface area contributed by atoms with E-state index in [1.54, 1.807) is 24.3 Å². The molecule has 2 heterocycles. The molecular formula is C24H24F4N2O3. The summed E-state index contributed by atoms with van der Waals surface area (Å²) < 4.78 is 62.0. The fourth-order valence-corrected chi connectivity index (χ4v) is 4.41. The number of rotatable bonds is 6. The standard InChI is InChI=1S/C24H24F4N2O3/c1-22(2,18-11-16(25)9-15-7-8-33-20(15)18)12-23(32,24(26,27)28)13-29-19-10-14-5-3-4-6-17(14)21(31)30-19/h3-6,9-11,32H,7-8,12-13H2,1-2H3,(H2,29,30,31). The van der Waals surface area contributed by atoms with E-state index in [1.807, 2.05) is 0 Å². The Hall–Kier alpha value is -3.07. The van der Waals surface area contributed by atoms with Gasteiger partial charge in [-0.3, -0.25) is 4.79 Å². The number of pyridine rings is 1. The Morgan fingerprint density at radius 2 is 1.88 bits per heavy atom. The zero-order chi connectivity index (χ0) is 24.0. The van der Waals surface area contributed by atoms with Crippen LogP contribution in [0.15, 0.2) is 47.3 Å². The van der Waals surface area contributed by atoms with Crippen molar-refractivity contribution in [2.45, 2.75) is 43.9 Å². The van der Waals surface area contributed by atoms with Crippen LogP contribution in [0.3, 0.4) is 0 Å². The molecule has 0 aliphatic carbocycles. The highest BCUT2D eigenvalue weighted by molar-refractivity contribution is 5.83. The molecule has 0 fully saturated rings. The summed E-state index contributed by atoms with van der Waals surface area (Å²) in [4.78, 5) is 14.7. The molecule has 4 rings (SSSR count). The maximum Gasteiger partial charge on any atom is 0.418 e. The topological polar surface area (TPSA) is 74.4 Å². The summed E-state index contributed by atoms with van der Waals surface area (Å²) in [6.45, 7) is 2.44. The predicted octanol–water partition coefficient (Wildman–Crippen LogP) is 4.68. The Kier molecular flexibility index (Phi) is 5.64. The lowest BCUT2D eigenvalue weighted by Gasteiger charge is -2.38. The minimum absolute atomic E-state index is 0.0501. The molecule has 176 valence electrons. The van der Waals surface area contributed by atoms with Gasteiger partial charge in [0.15, 0.2) is 5.60 Å². The summed E-state index contributed by atoms with van der Waals surface area (Å²) in [5.41, 5.74) is -4.04. The van der Waals surface area contributed by atoms with Crippen molar-refractivity contribution in [1.82, 2.24) is 4.98 Å². The third-order valence-corrected chi connectivity index (χ3v) is 6.06. The van der Waals surface area contributed by atoms with Crippen LogP contribution < -0.4 is 15.6 Å². The second kappa shape index (κ2) is 8.06. The number of hydrogen-bond donors (Lipinski definition) is 3. The van der Waals surface area contributed by atoms with E-state index in [-0.39, 0.29) is 11.4 Å². The van der Waals surface area contributed by atoms with Gasteiger partial charge in [-0.15, -0.1) is 0 Å². The fraction of sp³-hybridized carbons (Fsp3) is 0.375. The highest BCUT2D eigenvalue weighted by Crippen LogP contribution is 2.45. The molecule has 33 heavy (non-hydrogen) atoms. The van der Waals surface area contributed by atoms with Crippen molar-refractivity contribution in [2.75, 3.05) is 18.5 Å². The molecule has 0 amide bonds. The summed E-state index contributed by atoms with van der Waals surface area (Å²) in [5.74, 6) is -0.142. The number of anilines is 1. The normalized spacial score (nSPS) is 15.7. The van der Waals surface area contributed by atoms with Gasteiger partial charge >= 0.3 is 6.18 Å². The largest absolute Gasteiger partial charge is 0.493 e. The highest BCUT2D eigenvalue weighted by Gasteiger charge is 2.56. The third kappa shape index (κ3) is 4.42. The number of halogens is 4. The van der Waals surface area contributed by atoms with Crippen LogP contribution in [0.25, 0.3) is 10.8 Å². The van der Waals surface area contributed by atoms with Crippen LogP contribution in [0.4, 0.5) is 23.4 Å². The van der Waals surface area contributed by atoms with Crippen LogP contribution in [0.2, 0.25) is 0 Å². The van der Waals surface area contributed by atoms with E-state index in [2.05, 4.69) is 10.3 Å². The van der Waals surface area contributed by atoms with Crippen LogP contribution in [0.5, 0.6) is 5.75 Å². The molecule has 1 atom stereocenters. The number of aromatic nitrogens is 1. The van der Waals surface area contributed by atoms with E-state index in [1.165, 1.54) is 26.0 Å². The molecule has 3 N–H and O–H groups in total. The van der Waals surface area contributed by atoms with Crippen LogP contribution >= 0.6 is 0 Å². The van der Waals surface area contributed by atoms with E-state index in [9.17, 15) is 27.5 Å². The number of ether oxygens (including phenoxy) is 1. The lowest BCUT2D eigenvalue weighted by Crippen LogP contribution is -2.53. The third-order valence-electron chi connectivity index (χ3n) is 6.06. The van der Waals surface area contributed by atoms with Gasteiger partial charge in [0.1, 0.15) is 17.4 Å². The molecule has 0 saturated heterocycles. The summed E-state index contributed by atoms with van der Waals surface area (Å²) in [5, 5.41) is 14.3. The second-order valence-electron chi connectivity index (χ2n) is 9.08. The van der Waals surface area contributed by atoms with Crippen LogP contribution in [-0.4, -0.2) is 35.0 Å². The fourth-order valence-electron chi connectivity index (χ4n) is 4.41. The number of alkyl halides is 3. The molecule has 9 heteroatoms.